The number of carbonyl (C=O) groups is 2. The number of esters is 1. The van der Waals surface area contributed by atoms with Gasteiger partial charge in [-0.3, -0.25) is 9.59 Å². The number of rotatable bonds is 5. The van der Waals surface area contributed by atoms with Gasteiger partial charge in [0.15, 0.2) is 5.75 Å². The molecule has 0 aromatic heterocycles. The van der Waals surface area contributed by atoms with Gasteiger partial charge in [-0.1, -0.05) is 6.92 Å². The average Bonchev–Trinajstić information content (AvgIpc) is 2.28. The fraction of sp³-hybridized carbons (Fsp3) is 0.818. The zero-order valence-corrected chi connectivity index (χ0v) is 11.5. The molecular formula is C11H19NO5S. The Balaban J connectivity index is 2.68. The van der Waals surface area contributed by atoms with Gasteiger partial charge in [0, 0.05) is 25.4 Å². The number of ether oxygens (including phenoxy) is 1. The van der Waals surface area contributed by atoms with Crippen LogP contribution in [0.4, 0.5) is 0 Å². The topological polar surface area (TPSA) is 80.8 Å². The number of sulfonamides is 1. The Hall–Kier alpha value is -0.950. The molecule has 0 radical (unpaired) electrons. The van der Waals surface area contributed by atoms with Crippen LogP contribution in [0.3, 0.4) is 0 Å². The van der Waals surface area contributed by atoms with E-state index in [1.165, 1.54) is 4.31 Å². The molecule has 1 aliphatic rings. The highest BCUT2D eigenvalue weighted by atomic mass is 32.2. The molecule has 18 heavy (non-hydrogen) atoms. The molecule has 1 atom stereocenters. The van der Waals surface area contributed by atoms with E-state index in [1.807, 2.05) is 6.92 Å². The van der Waals surface area contributed by atoms with Gasteiger partial charge in [-0.15, -0.1) is 0 Å². The van der Waals surface area contributed by atoms with Crippen LogP contribution in [-0.4, -0.2) is 49.9 Å². The summed E-state index contributed by atoms with van der Waals surface area (Å²) in [7, 11) is -3.66. The van der Waals surface area contributed by atoms with E-state index in [0.29, 0.717) is 6.42 Å². The van der Waals surface area contributed by atoms with E-state index in [9.17, 15) is 18.0 Å². The first-order valence-electron chi connectivity index (χ1n) is 6.06. The van der Waals surface area contributed by atoms with Gasteiger partial charge in [0.05, 0.1) is 6.61 Å². The SMILES string of the molecule is CCOC(=O)CS(=O)(=O)N1CCC(=O)C(CC)C1. The lowest BCUT2D eigenvalue weighted by Gasteiger charge is -2.30. The van der Waals surface area contributed by atoms with E-state index in [2.05, 4.69) is 4.74 Å². The van der Waals surface area contributed by atoms with E-state index in [1.54, 1.807) is 6.92 Å². The van der Waals surface area contributed by atoms with E-state index >= 15 is 0 Å². The zero-order chi connectivity index (χ0) is 13.8. The highest BCUT2D eigenvalue weighted by Crippen LogP contribution is 2.19. The molecule has 0 aromatic rings. The molecule has 0 spiro atoms. The summed E-state index contributed by atoms with van der Waals surface area (Å²) >= 11 is 0. The van der Waals surface area contributed by atoms with Crippen LogP contribution < -0.4 is 0 Å². The number of Topliss-reactive ketones (excluding diaryl/α,β-unsaturated/α-hetero) is 1. The third-order valence-electron chi connectivity index (χ3n) is 2.98. The van der Waals surface area contributed by atoms with Crippen LogP contribution in [0.25, 0.3) is 0 Å². The quantitative estimate of drug-likeness (QED) is 0.670. The lowest BCUT2D eigenvalue weighted by Crippen LogP contribution is -2.45. The molecule has 1 aliphatic heterocycles. The number of carbonyl (C=O) groups excluding carboxylic acids is 2. The van der Waals surface area contributed by atoms with Gasteiger partial charge in [-0.25, -0.2) is 12.7 Å². The number of hydrogen-bond donors (Lipinski definition) is 0. The summed E-state index contributed by atoms with van der Waals surface area (Å²) in [6, 6.07) is 0. The van der Waals surface area contributed by atoms with Crippen molar-refractivity contribution in [1.29, 1.82) is 0 Å². The molecule has 7 heteroatoms. The third-order valence-corrected chi connectivity index (χ3v) is 4.70. The van der Waals surface area contributed by atoms with Gasteiger partial charge in [0.25, 0.3) is 0 Å². The van der Waals surface area contributed by atoms with Crippen molar-refractivity contribution in [3.05, 3.63) is 0 Å². The maximum Gasteiger partial charge on any atom is 0.322 e. The van der Waals surface area contributed by atoms with Gasteiger partial charge in [0.1, 0.15) is 5.78 Å². The van der Waals surface area contributed by atoms with Crippen LogP contribution >= 0.6 is 0 Å². The lowest BCUT2D eigenvalue weighted by atomic mass is 9.96. The maximum absolute atomic E-state index is 12.0. The summed E-state index contributed by atoms with van der Waals surface area (Å²) < 4.78 is 29.8. The first-order chi connectivity index (χ1) is 8.40. The van der Waals surface area contributed by atoms with Crippen molar-refractivity contribution < 1.29 is 22.7 Å². The molecule has 1 rings (SSSR count). The zero-order valence-electron chi connectivity index (χ0n) is 10.7. The van der Waals surface area contributed by atoms with Crippen LogP contribution in [0.5, 0.6) is 0 Å². The molecule has 1 heterocycles. The lowest BCUT2D eigenvalue weighted by molar-refractivity contribution is -0.140. The minimum absolute atomic E-state index is 0.0973. The average molecular weight is 277 g/mol. The van der Waals surface area contributed by atoms with Crippen molar-refractivity contribution in [1.82, 2.24) is 4.31 Å². The fourth-order valence-corrected chi connectivity index (χ4v) is 3.27. The molecule has 1 saturated heterocycles. The van der Waals surface area contributed by atoms with Crippen molar-refractivity contribution in [2.24, 2.45) is 5.92 Å². The Morgan fingerprint density at radius 2 is 2.11 bits per heavy atom. The second kappa shape index (κ2) is 6.29. The maximum atomic E-state index is 12.0. The third kappa shape index (κ3) is 3.78. The Morgan fingerprint density at radius 1 is 1.44 bits per heavy atom. The molecule has 0 aliphatic carbocycles. The molecule has 0 aromatic carbocycles. The minimum Gasteiger partial charge on any atom is -0.465 e. The standard InChI is InChI=1S/C11H19NO5S/c1-3-9-7-12(6-5-10(9)13)18(15,16)8-11(14)17-4-2/h9H,3-8H2,1-2H3. The van der Waals surface area contributed by atoms with Crippen molar-refractivity contribution in [2.75, 3.05) is 25.4 Å². The summed E-state index contributed by atoms with van der Waals surface area (Å²) in [5.41, 5.74) is 0. The minimum atomic E-state index is -3.66. The molecule has 6 nitrogen and oxygen atoms in total. The first kappa shape index (κ1) is 15.1. The summed E-state index contributed by atoms with van der Waals surface area (Å²) in [6.45, 7) is 3.97. The molecule has 1 unspecified atom stereocenters. The normalized spacial score (nSPS) is 21.9. The van der Waals surface area contributed by atoms with Crippen molar-refractivity contribution in [2.45, 2.75) is 26.7 Å². The predicted octanol–water partition coefficient (Wildman–Crippen LogP) is 0.180. The van der Waals surface area contributed by atoms with Crippen LogP contribution in [0.2, 0.25) is 0 Å². The number of ketones is 1. The summed E-state index contributed by atoms with van der Waals surface area (Å²) in [4.78, 5) is 22.7. The first-order valence-corrected chi connectivity index (χ1v) is 7.67. The highest BCUT2D eigenvalue weighted by molar-refractivity contribution is 7.89. The van der Waals surface area contributed by atoms with Gasteiger partial charge in [-0.05, 0) is 13.3 Å². The molecular weight excluding hydrogens is 258 g/mol. The Kier molecular flexibility index (Phi) is 5.28. The van der Waals surface area contributed by atoms with Gasteiger partial charge in [0.2, 0.25) is 10.0 Å². The van der Waals surface area contributed by atoms with E-state index in [4.69, 9.17) is 0 Å². The second-order valence-electron chi connectivity index (χ2n) is 4.24. The molecule has 0 N–H and O–H groups in total. The monoisotopic (exact) mass is 277 g/mol. The number of piperidine rings is 1. The Bertz CT molecular complexity index is 417. The van der Waals surface area contributed by atoms with Crippen LogP contribution in [0.15, 0.2) is 0 Å². The smallest absolute Gasteiger partial charge is 0.322 e. The van der Waals surface area contributed by atoms with E-state index in [0.717, 1.165) is 0 Å². The summed E-state index contributed by atoms with van der Waals surface area (Å²) in [6.07, 6.45) is 0.838. The molecule has 0 bridgehead atoms. The van der Waals surface area contributed by atoms with Gasteiger partial charge >= 0.3 is 5.97 Å². The van der Waals surface area contributed by atoms with Crippen molar-refractivity contribution in [3.63, 3.8) is 0 Å². The largest absolute Gasteiger partial charge is 0.465 e. The molecule has 0 saturated carbocycles. The van der Waals surface area contributed by atoms with E-state index in [-0.39, 0.29) is 37.8 Å². The highest BCUT2D eigenvalue weighted by Gasteiger charge is 2.34. The second-order valence-corrected chi connectivity index (χ2v) is 6.21. The number of hydrogen-bond acceptors (Lipinski definition) is 5. The fourth-order valence-electron chi connectivity index (χ4n) is 1.93. The predicted molar refractivity (Wildman–Crippen MR) is 65.4 cm³/mol. The summed E-state index contributed by atoms with van der Waals surface area (Å²) in [5.74, 6) is -1.55. The van der Waals surface area contributed by atoms with Crippen LogP contribution in [0.1, 0.15) is 26.7 Å². The Labute approximate surface area is 107 Å². The Morgan fingerprint density at radius 3 is 2.67 bits per heavy atom. The molecule has 104 valence electrons. The van der Waals surface area contributed by atoms with Gasteiger partial charge < -0.3 is 4.74 Å². The molecule has 1 fully saturated rings. The van der Waals surface area contributed by atoms with E-state index < -0.39 is 21.7 Å². The summed E-state index contributed by atoms with van der Waals surface area (Å²) in [5, 5.41) is 0. The van der Waals surface area contributed by atoms with Gasteiger partial charge in [-0.2, -0.15) is 0 Å². The van der Waals surface area contributed by atoms with Crippen LogP contribution in [-0.2, 0) is 24.3 Å². The van der Waals surface area contributed by atoms with Crippen molar-refractivity contribution >= 4 is 21.8 Å². The van der Waals surface area contributed by atoms with Crippen molar-refractivity contribution in [3.8, 4) is 0 Å². The molecule has 0 amide bonds. The van der Waals surface area contributed by atoms with Crippen LogP contribution in [0, 0.1) is 5.92 Å². The number of nitrogens with zero attached hydrogens (tertiary/aromatic N) is 1.